The first-order valence-electron chi connectivity index (χ1n) is 13.2. The van der Waals surface area contributed by atoms with Crippen molar-refractivity contribution in [3.63, 3.8) is 0 Å². The molecular weight excluding hydrogens is 474 g/mol. The lowest BCUT2D eigenvalue weighted by atomic mass is 9.68. The van der Waals surface area contributed by atoms with E-state index < -0.39 is 5.41 Å². The minimum atomic E-state index is -0.448. The minimum absolute atomic E-state index is 0.448. The van der Waals surface area contributed by atoms with Gasteiger partial charge in [-0.25, -0.2) is 4.98 Å². The van der Waals surface area contributed by atoms with Gasteiger partial charge in [-0.05, 0) is 57.6 Å². The lowest BCUT2D eigenvalue weighted by Gasteiger charge is -2.33. The van der Waals surface area contributed by atoms with E-state index in [1.807, 2.05) is 30.7 Å². The molecule has 182 valence electrons. The number of fused-ring (bicyclic) bond motifs is 6. The third-order valence-corrected chi connectivity index (χ3v) is 8.07. The predicted octanol–water partition coefficient (Wildman–Crippen LogP) is 8.21. The van der Waals surface area contributed by atoms with Gasteiger partial charge in [0.25, 0.3) is 0 Å². The van der Waals surface area contributed by atoms with Crippen LogP contribution in [0.15, 0.2) is 140 Å². The SMILES string of the molecule is c1ccc(C2(c3cccnc3)c3ccccc3-c3cc(-c4ccc5ccc6cccnc6c5n4)ccc32)cc1. The zero-order valence-corrected chi connectivity index (χ0v) is 21.1. The second-order valence-corrected chi connectivity index (χ2v) is 10.1. The lowest BCUT2D eigenvalue weighted by molar-refractivity contribution is 0.763. The van der Waals surface area contributed by atoms with Crippen molar-refractivity contribution in [1.82, 2.24) is 15.0 Å². The molecule has 0 bridgehead atoms. The van der Waals surface area contributed by atoms with Gasteiger partial charge in [-0.2, -0.15) is 0 Å². The number of hydrogen-bond acceptors (Lipinski definition) is 3. The highest BCUT2D eigenvalue weighted by molar-refractivity contribution is 6.03. The second-order valence-electron chi connectivity index (χ2n) is 10.1. The van der Waals surface area contributed by atoms with Gasteiger partial charge in [-0.3, -0.25) is 9.97 Å². The fraction of sp³-hybridized carbons (Fsp3) is 0.0278. The van der Waals surface area contributed by atoms with Crippen molar-refractivity contribution in [2.75, 3.05) is 0 Å². The van der Waals surface area contributed by atoms with Crippen molar-refractivity contribution in [1.29, 1.82) is 0 Å². The molecule has 3 heterocycles. The first-order valence-corrected chi connectivity index (χ1v) is 13.2. The third kappa shape index (κ3) is 3.14. The van der Waals surface area contributed by atoms with Crippen molar-refractivity contribution >= 4 is 21.8 Å². The molecule has 1 unspecified atom stereocenters. The Hall–Kier alpha value is -5.15. The van der Waals surface area contributed by atoms with Crippen LogP contribution >= 0.6 is 0 Å². The van der Waals surface area contributed by atoms with E-state index in [1.54, 1.807) is 0 Å². The number of rotatable bonds is 3. The lowest BCUT2D eigenvalue weighted by Crippen LogP contribution is -2.28. The highest BCUT2D eigenvalue weighted by Gasteiger charge is 2.46. The standard InChI is InChI=1S/C36H23N3/c1-2-9-27(10-3-1)36(28-11-7-20-37-23-28)31-13-5-4-12-29(31)30-22-26(16-18-32(30)36)33-19-17-25-15-14-24-8-6-21-38-34(24)35(25)39-33/h1-23H. The monoisotopic (exact) mass is 497 g/mol. The summed E-state index contributed by atoms with van der Waals surface area (Å²) in [4.78, 5) is 14.3. The van der Waals surface area contributed by atoms with Crippen molar-refractivity contribution in [3.8, 4) is 22.4 Å². The second kappa shape index (κ2) is 8.44. The highest BCUT2D eigenvalue weighted by atomic mass is 14.8. The Kier molecular flexibility index (Phi) is 4.74. The fourth-order valence-electron chi connectivity index (χ4n) is 6.39. The summed E-state index contributed by atoms with van der Waals surface area (Å²) >= 11 is 0. The Balaban J connectivity index is 1.40. The van der Waals surface area contributed by atoms with Gasteiger partial charge in [0, 0.05) is 34.9 Å². The van der Waals surface area contributed by atoms with Crippen molar-refractivity contribution < 1.29 is 0 Å². The molecule has 0 saturated heterocycles. The third-order valence-electron chi connectivity index (χ3n) is 8.07. The van der Waals surface area contributed by atoms with E-state index in [4.69, 9.17) is 4.98 Å². The van der Waals surface area contributed by atoms with Crippen LogP contribution in [0.2, 0.25) is 0 Å². The van der Waals surface area contributed by atoms with Gasteiger partial charge in [-0.15, -0.1) is 0 Å². The largest absolute Gasteiger partial charge is 0.264 e. The number of benzene rings is 4. The molecular formula is C36H23N3. The van der Waals surface area contributed by atoms with Gasteiger partial charge >= 0.3 is 0 Å². The Labute approximate surface area is 226 Å². The average Bonchev–Trinajstić information content (AvgIpc) is 3.32. The molecule has 4 aromatic carbocycles. The number of pyridine rings is 3. The van der Waals surface area contributed by atoms with Crippen LogP contribution in [0, 0.1) is 0 Å². The smallest absolute Gasteiger partial charge is 0.0972 e. The normalized spacial score (nSPS) is 15.8. The van der Waals surface area contributed by atoms with Crippen LogP contribution in [-0.2, 0) is 5.41 Å². The van der Waals surface area contributed by atoms with E-state index in [2.05, 4.69) is 119 Å². The molecule has 0 spiro atoms. The number of aromatic nitrogens is 3. The number of hydrogen-bond donors (Lipinski definition) is 0. The molecule has 0 N–H and O–H groups in total. The predicted molar refractivity (Wildman–Crippen MR) is 158 cm³/mol. The van der Waals surface area contributed by atoms with Crippen LogP contribution in [0.3, 0.4) is 0 Å². The first-order chi connectivity index (χ1) is 19.3. The summed E-state index contributed by atoms with van der Waals surface area (Å²) in [7, 11) is 0. The molecule has 7 aromatic rings. The van der Waals surface area contributed by atoms with Crippen LogP contribution in [0.1, 0.15) is 22.3 Å². The summed E-state index contributed by atoms with van der Waals surface area (Å²) < 4.78 is 0. The van der Waals surface area contributed by atoms with Gasteiger partial charge in [0.15, 0.2) is 0 Å². The average molecular weight is 498 g/mol. The number of nitrogens with zero attached hydrogens (tertiary/aromatic N) is 3. The van der Waals surface area contributed by atoms with Crippen LogP contribution in [0.5, 0.6) is 0 Å². The topological polar surface area (TPSA) is 38.7 Å². The van der Waals surface area contributed by atoms with E-state index in [1.165, 1.54) is 27.8 Å². The molecule has 3 nitrogen and oxygen atoms in total. The van der Waals surface area contributed by atoms with E-state index in [9.17, 15) is 0 Å². The van der Waals surface area contributed by atoms with E-state index in [0.29, 0.717) is 0 Å². The fourth-order valence-corrected chi connectivity index (χ4v) is 6.39. The van der Waals surface area contributed by atoms with Gasteiger partial charge in [0.05, 0.1) is 22.1 Å². The van der Waals surface area contributed by atoms with Gasteiger partial charge in [0.1, 0.15) is 0 Å². The minimum Gasteiger partial charge on any atom is -0.264 e. The molecule has 1 aliphatic rings. The molecule has 3 aromatic heterocycles. The summed E-state index contributed by atoms with van der Waals surface area (Å²) in [5, 5.41) is 2.19. The maximum Gasteiger partial charge on any atom is 0.0972 e. The molecule has 0 aliphatic heterocycles. The Morgan fingerprint density at radius 1 is 0.513 bits per heavy atom. The van der Waals surface area contributed by atoms with Gasteiger partial charge in [0.2, 0.25) is 0 Å². The molecule has 8 rings (SSSR count). The summed E-state index contributed by atoms with van der Waals surface area (Å²) in [5.74, 6) is 0. The maximum atomic E-state index is 5.14. The Bertz CT molecular complexity index is 1970. The van der Waals surface area contributed by atoms with E-state index in [-0.39, 0.29) is 0 Å². The summed E-state index contributed by atoms with van der Waals surface area (Å²) in [6.45, 7) is 0. The zero-order valence-electron chi connectivity index (χ0n) is 21.1. The summed E-state index contributed by atoms with van der Waals surface area (Å²) in [6, 6.07) is 43.2. The van der Waals surface area contributed by atoms with Crippen LogP contribution in [0.25, 0.3) is 44.2 Å². The van der Waals surface area contributed by atoms with Crippen molar-refractivity contribution in [2.24, 2.45) is 0 Å². The maximum absolute atomic E-state index is 5.14. The van der Waals surface area contributed by atoms with Crippen molar-refractivity contribution in [2.45, 2.75) is 5.41 Å². The van der Waals surface area contributed by atoms with Crippen LogP contribution in [-0.4, -0.2) is 15.0 Å². The molecule has 0 fully saturated rings. The summed E-state index contributed by atoms with van der Waals surface area (Å²) in [6.07, 6.45) is 5.69. The molecule has 39 heavy (non-hydrogen) atoms. The summed E-state index contributed by atoms with van der Waals surface area (Å²) in [5.41, 5.74) is 10.9. The quantitative estimate of drug-likeness (QED) is 0.231. The van der Waals surface area contributed by atoms with Crippen LogP contribution in [0.4, 0.5) is 0 Å². The molecule has 0 saturated carbocycles. The molecule has 1 aliphatic carbocycles. The first kappa shape index (κ1) is 21.9. The van der Waals surface area contributed by atoms with Gasteiger partial charge in [-0.1, -0.05) is 97.1 Å². The van der Waals surface area contributed by atoms with Gasteiger partial charge < -0.3 is 0 Å². The van der Waals surface area contributed by atoms with E-state index in [0.717, 1.165) is 38.6 Å². The zero-order chi connectivity index (χ0) is 25.8. The molecule has 3 heteroatoms. The van der Waals surface area contributed by atoms with E-state index >= 15 is 0 Å². The van der Waals surface area contributed by atoms with Crippen LogP contribution < -0.4 is 0 Å². The van der Waals surface area contributed by atoms with Crippen molar-refractivity contribution in [3.05, 3.63) is 162 Å². The molecule has 1 atom stereocenters. The molecule has 0 radical (unpaired) electrons. The highest BCUT2D eigenvalue weighted by Crippen LogP contribution is 2.56. The Morgan fingerprint density at radius 3 is 2.13 bits per heavy atom. The molecule has 0 amide bonds. The Morgan fingerprint density at radius 2 is 1.26 bits per heavy atom.